The second kappa shape index (κ2) is 9.21. The third-order valence-electron chi connectivity index (χ3n) is 6.48. The normalized spacial score (nSPS) is 22.5. The number of nitrogens with one attached hydrogen (secondary N) is 1. The van der Waals surface area contributed by atoms with Crippen LogP contribution in [0.5, 0.6) is 0 Å². The standard InChI is InChI=1S/C24H35N5O/c1-4-14-28-15-12-23(26-28)24(30)27-16-19-7-5-6-8-22(19)25-13-11-20-9-10-21(17-27)29(20)18(2)3/h5-8,12,15,18,20-21,25H,4,9-11,13-14,16-17H2,1-3H3/t20-,21+/m1/s1. The number of benzene rings is 1. The van der Waals surface area contributed by atoms with Crippen LogP contribution in [0, 0.1) is 0 Å². The van der Waals surface area contributed by atoms with Crippen molar-refractivity contribution in [3.8, 4) is 0 Å². The highest BCUT2D eigenvalue weighted by atomic mass is 16.2. The Kier molecular flexibility index (Phi) is 6.42. The minimum atomic E-state index is 0.0334. The lowest BCUT2D eigenvalue weighted by atomic mass is 10.1. The number of carbonyl (C=O) groups is 1. The maximum absolute atomic E-state index is 13.5. The molecule has 0 saturated carbocycles. The quantitative estimate of drug-likeness (QED) is 0.830. The van der Waals surface area contributed by atoms with Crippen LogP contribution in [0.1, 0.15) is 62.5 Å². The molecular weight excluding hydrogens is 374 g/mol. The molecule has 162 valence electrons. The molecule has 2 atom stereocenters. The number of rotatable bonds is 4. The van der Waals surface area contributed by atoms with E-state index in [1.165, 1.54) is 12.0 Å². The fourth-order valence-corrected chi connectivity index (χ4v) is 5.18. The number of aryl methyl sites for hydroxylation is 1. The van der Waals surface area contributed by atoms with Crippen LogP contribution in [-0.4, -0.2) is 56.7 Å². The summed E-state index contributed by atoms with van der Waals surface area (Å²) in [5, 5.41) is 8.20. The summed E-state index contributed by atoms with van der Waals surface area (Å²) in [7, 11) is 0. The van der Waals surface area contributed by atoms with Crippen LogP contribution < -0.4 is 5.32 Å². The summed E-state index contributed by atoms with van der Waals surface area (Å²) in [6.07, 6.45) is 6.42. The van der Waals surface area contributed by atoms with E-state index in [1.54, 1.807) is 0 Å². The largest absolute Gasteiger partial charge is 0.385 e. The lowest BCUT2D eigenvalue weighted by Crippen LogP contribution is -2.48. The first kappa shape index (κ1) is 20.9. The summed E-state index contributed by atoms with van der Waals surface area (Å²) < 4.78 is 1.88. The summed E-state index contributed by atoms with van der Waals surface area (Å²) in [5.41, 5.74) is 2.86. The number of nitrogens with zero attached hydrogens (tertiary/aromatic N) is 4. The van der Waals surface area contributed by atoms with Crippen molar-refractivity contribution >= 4 is 11.6 Å². The third kappa shape index (κ3) is 4.38. The van der Waals surface area contributed by atoms with Crippen LogP contribution in [0.2, 0.25) is 0 Å². The highest BCUT2D eigenvalue weighted by Crippen LogP contribution is 2.31. The molecule has 1 aromatic heterocycles. The van der Waals surface area contributed by atoms with Gasteiger partial charge >= 0.3 is 0 Å². The summed E-state index contributed by atoms with van der Waals surface area (Å²) in [6, 6.07) is 11.7. The van der Waals surface area contributed by atoms with E-state index in [2.05, 4.69) is 60.4 Å². The molecule has 1 fully saturated rings. The Labute approximate surface area is 180 Å². The van der Waals surface area contributed by atoms with Gasteiger partial charge in [-0.2, -0.15) is 5.10 Å². The molecule has 6 heteroatoms. The number of hydrogen-bond acceptors (Lipinski definition) is 4. The zero-order valence-electron chi connectivity index (χ0n) is 18.6. The zero-order valence-corrected chi connectivity index (χ0v) is 18.6. The van der Waals surface area contributed by atoms with Gasteiger partial charge in [0.2, 0.25) is 0 Å². The van der Waals surface area contributed by atoms with E-state index in [0.29, 0.717) is 30.4 Å². The van der Waals surface area contributed by atoms with Crippen molar-refractivity contribution in [2.45, 2.75) is 77.7 Å². The highest BCUT2D eigenvalue weighted by Gasteiger charge is 2.37. The fraction of sp³-hybridized carbons (Fsp3) is 0.583. The molecule has 0 radical (unpaired) electrons. The molecule has 2 aliphatic heterocycles. The van der Waals surface area contributed by atoms with Gasteiger partial charge in [0.1, 0.15) is 5.69 Å². The number of carbonyl (C=O) groups excluding carboxylic acids is 1. The summed E-state index contributed by atoms with van der Waals surface area (Å²) in [4.78, 5) is 18.2. The molecule has 0 spiro atoms. The van der Waals surface area contributed by atoms with Crippen LogP contribution in [0.4, 0.5) is 5.69 Å². The third-order valence-corrected chi connectivity index (χ3v) is 6.48. The van der Waals surface area contributed by atoms with Crippen molar-refractivity contribution in [3.63, 3.8) is 0 Å². The first-order valence-corrected chi connectivity index (χ1v) is 11.5. The minimum absolute atomic E-state index is 0.0334. The molecule has 3 heterocycles. The first-order valence-electron chi connectivity index (χ1n) is 11.5. The molecule has 6 nitrogen and oxygen atoms in total. The zero-order chi connectivity index (χ0) is 21.1. The van der Waals surface area contributed by atoms with E-state index in [4.69, 9.17) is 0 Å². The number of aromatic nitrogens is 2. The molecule has 2 aromatic rings. The molecule has 2 aliphatic rings. The van der Waals surface area contributed by atoms with Gasteiger partial charge in [0.25, 0.3) is 5.91 Å². The number of hydrogen-bond donors (Lipinski definition) is 1. The number of fused-ring (bicyclic) bond motifs is 3. The maximum Gasteiger partial charge on any atom is 0.274 e. The Morgan fingerprint density at radius 2 is 1.97 bits per heavy atom. The SMILES string of the molecule is CCCn1ccc(C(=O)N2Cc3ccccc3NCC[C@H]3CC[C@@H](C2)N3C(C)C)n1. The molecule has 0 aliphatic carbocycles. The van der Waals surface area contributed by atoms with E-state index in [0.717, 1.165) is 44.6 Å². The molecule has 30 heavy (non-hydrogen) atoms. The van der Waals surface area contributed by atoms with Gasteiger partial charge in [-0.05, 0) is 57.2 Å². The number of para-hydroxylation sites is 1. The van der Waals surface area contributed by atoms with Gasteiger partial charge in [-0.25, -0.2) is 0 Å². The van der Waals surface area contributed by atoms with E-state index in [-0.39, 0.29) is 5.91 Å². The van der Waals surface area contributed by atoms with Gasteiger partial charge in [0.15, 0.2) is 0 Å². The maximum atomic E-state index is 13.5. The average Bonchev–Trinajstić information content (AvgIpc) is 3.34. The summed E-state index contributed by atoms with van der Waals surface area (Å²) in [5.74, 6) is 0.0334. The van der Waals surface area contributed by atoms with Crippen molar-refractivity contribution in [1.29, 1.82) is 0 Å². The monoisotopic (exact) mass is 409 g/mol. The van der Waals surface area contributed by atoms with Gasteiger partial charge in [-0.15, -0.1) is 0 Å². The topological polar surface area (TPSA) is 53.4 Å². The van der Waals surface area contributed by atoms with Crippen molar-refractivity contribution in [2.24, 2.45) is 0 Å². The molecule has 0 unspecified atom stereocenters. The van der Waals surface area contributed by atoms with Crippen LogP contribution in [0.25, 0.3) is 0 Å². The van der Waals surface area contributed by atoms with Crippen LogP contribution in [0.15, 0.2) is 36.5 Å². The summed E-state index contributed by atoms with van der Waals surface area (Å²) >= 11 is 0. The van der Waals surface area contributed by atoms with E-state index >= 15 is 0 Å². The predicted molar refractivity (Wildman–Crippen MR) is 121 cm³/mol. The first-order chi connectivity index (χ1) is 14.6. The van der Waals surface area contributed by atoms with Crippen molar-refractivity contribution in [3.05, 3.63) is 47.8 Å². The molecule has 1 amide bonds. The predicted octanol–water partition coefficient (Wildman–Crippen LogP) is 3.99. The second-order valence-corrected chi connectivity index (χ2v) is 8.95. The van der Waals surface area contributed by atoms with Crippen LogP contribution in [0.3, 0.4) is 0 Å². The van der Waals surface area contributed by atoms with Gasteiger partial charge < -0.3 is 10.2 Å². The smallest absolute Gasteiger partial charge is 0.274 e. The van der Waals surface area contributed by atoms with E-state index < -0.39 is 0 Å². The molecule has 4 rings (SSSR count). The van der Waals surface area contributed by atoms with Crippen molar-refractivity contribution < 1.29 is 4.79 Å². The Morgan fingerprint density at radius 3 is 2.77 bits per heavy atom. The number of amides is 1. The lowest BCUT2D eigenvalue weighted by Gasteiger charge is -2.36. The second-order valence-electron chi connectivity index (χ2n) is 8.95. The van der Waals surface area contributed by atoms with Gasteiger partial charge in [0, 0.05) is 56.2 Å². The minimum Gasteiger partial charge on any atom is -0.385 e. The Hall–Kier alpha value is -2.34. The van der Waals surface area contributed by atoms with Gasteiger partial charge in [0.05, 0.1) is 0 Å². The Bertz CT molecular complexity index is 861. The fourth-order valence-electron chi connectivity index (χ4n) is 5.18. The molecule has 1 saturated heterocycles. The van der Waals surface area contributed by atoms with E-state index in [9.17, 15) is 4.79 Å². The van der Waals surface area contributed by atoms with Crippen LogP contribution >= 0.6 is 0 Å². The molecule has 1 aromatic carbocycles. The van der Waals surface area contributed by atoms with Crippen molar-refractivity contribution in [2.75, 3.05) is 18.4 Å². The molecular formula is C24H35N5O. The average molecular weight is 410 g/mol. The Balaban J connectivity index is 1.65. The van der Waals surface area contributed by atoms with E-state index in [1.807, 2.05) is 21.8 Å². The van der Waals surface area contributed by atoms with Crippen molar-refractivity contribution in [1.82, 2.24) is 19.6 Å². The summed E-state index contributed by atoms with van der Waals surface area (Å²) in [6.45, 7) is 9.85. The lowest BCUT2D eigenvalue weighted by molar-refractivity contribution is 0.0627. The highest BCUT2D eigenvalue weighted by molar-refractivity contribution is 5.92. The van der Waals surface area contributed by atoms with Gasteiger partial charge in [-0.3, -0.25) is 14.4 Å². The van der Waals surface area contributed by atoms with Crippen LogP contribution in [-0.2, 0) is 13.1 Å². The Morgan fingerprint density at radius 1 is 1.17 bits per heavy atom. The number of anilines is 1. The molecule has 1 N–H and O–H groups in total. The van der Waals surface area contributed by atoms with Gasteiger partial charge in [-0.1, -0.05) is 25.1 Å². The molecule has 2 bridgehead atoms.